The van der Waals surface area contributed by atoms with E-state index < -0.39 is 11.9 Å². The first kappa shape index (κ1) is 16.3. The van der Waals surface area contributed by atoms with Crippen LogP contribution in [-0.2, 0) is 0 Å². The molecule has 4 heterocycles. The molecule has 0 N–H and O–H groups in total. The van der Waals surface area contributed by atoms with E-state index in [1.807, 2.05) is 0 Å². The molecule has 2 aromatic heterocycles. The summed E-state index contributed by atoms with van der Waals surface area (Å²) < 4.78 is 32.2. The van der Waals surface area contributed by atoms with Gasteiger partial charge in [0.1, 0.15) is 0 Å². The summed E-state index contributed by atoms with van der Waals surface area (Å²) in [4.78, 5) is 14.9. The first-order valence-electron chi connectivity index (χ1n) is 7.07. The van der Waals surface area contributed by atoms with Gasteiger partial charge >= 0.3 is 6.97 Å². The van der Waals surface area contributed by atoms with E-state index in [2.05, 4.69) is 36.8 Å². The number of pyridine rings is 1. The Morgan fingerprint density at radius 3 is 2.72 bits per heavy atom. The van der Waals surface area contributed by atoms with E-state index in [1.165, 1.54) is 42.6 Å². The first-order chi connectivity index (χ1) is 11.8. The van der Waals surface area contributed by atoms with Crippen molar-refractivity contribution in [3.05, 3.63) is 74.4 Å². The maximum absolute atomic E-state index is 15.1. The van der Waals surface area contributed by atoms with E-state index in [4.69, 9.17) is 0 Å². The summed E-state index contributed by atoms with van der Waals surface area (Å²) in [7, 11) is 0. The molecule has 0 atom stereocenters. The number of halogens is 4. The normalized spacial score (nSPS) is 17.8. The number of aromatic nitrogens is 2. The minimum absolute atomic E-state index is 0.0394. The van der Waals surface area contributed by atoms with E-state index in [-0.39, 0.29) is 37.6 Å². The molecular formula is C14H7BBr2F2N4O2. The average Bonchev–Trinajstić information content (AvgIpc) is 3.13. The second kappa shape index (κ2) is 5.43. The van der Waals surface area contributed by atoms with Crippen LogP contribution in [0.1, 0.15) is 11.4 Å². The monoisotopic (exact) mass is 470 g/mol. The summed E-state index contributed by atoms with van der Waals surface area (Å²) in [5, 5.41) is 11.4. The van der Waals surface area contributed by atoms with Gasteiger partial charge in [0.25, 0.3) is 5.69 Å². The highest BCUT2D eigenvalue weighted by Crippen LogP contribution is 2.43. The Balaban J connectivity index is 2.14. The number of hydrogen-bond donors (Lipinski definition) is 0. The predicted octanol–water partition coefficient (Wildman–Crippen LogP) is 3.93. The van der Waals surface area contributed by atoms with Crippen molar-refractivity contribution in [3.63, 3.8) is 0 Å². The number of allylic oxidation sites excluding steroid dienone is 2. The molecular weight excluding hydrogens is 465 g/mol. The fraction of sp³-hybridized carbons (Fsp3) is 0. The molecule has 0 saturated heterocycles. The molecule has 0 unspecified atom stereocenters. The molecule has 2 aromatic rings. The smallest absolute Gasteiger partial charge is 0.389 e. The van der Waals surface area contributed by atoms with Crippen molar-refractivity contribution in [1.82, 2.24) is 9.46 Å². The molecule has 126 valence electrons. The molecule has 0 aromatic carbocycles. The van der Waals surface area contributed by atoms with Crippen LogP contribution < -0.4 is 0 Å². The van der Waals surface area contributed by atoms with Crippen LogP contribution in [0.15, 0.2) is 52.9 Å². The summed E-state index contributed by atoms with van der Waals surface area (Å²) in [6, 6.07) is 5.73. The Morgan fingerprint density at radius 1 is 1.24 bits per heavy atom. The topological polar surface area (TPSA) is 64.0 Å². The standard InChI is InChI=1S/C14H7BBr2F2N4O2/c16-11-5-3-8-13(14-10(23(24)25)2-1-7-20-14)9-4-6-12(17)22(9)15(18,19)21(8)11/h1-7H. The van der Waals surface area contributed by atoms with Crippen LogP contribution in [0.5, 0.6) is 0 Å². The second-order valence-electron chi connectivity index (χ2n) is 5.41. The Bertz CT molecular complexity index is 1050. The average molecular weight is 472 g/mol. The van der Waals surface area contributed by atoms with Crippen molar-refractivity contribution < 1.29 is 18.0 Å². The SMILES string of the molecule is O=[N+]([O-])c1cccnc1C1=C2C=CC(Br)=[N+]2[B-](F)(F)n2c(Br)ccc21. The fourth-order valence-corrected chi connectivity index (χ4v) is 4.25. The molecule has 25 heavy (non-hydrogen) atoms. The maximum atomic E-state index is 15.1. The minimum atomic E-state index is -4.17. The zero-order chi connectivity index (χ0) is 17.9. The molecule has 6 nitrogen and oxygen atoms in total. The highest BCUT2D eigenvalue weighted by Gasteiger charge is 2.54. The Morgan fingerprint density at radius 2 is 2.00 bits per heavy atom. The third-order valence-corrected chi connectivity index (χ3v) is 5.38. The molecule has 11 heteroatoms. The van der Waals surface area contributed by atoms with Crippen molar-refractivity contribution in [1.29, 1.82) is 0 Å². The number of fused-ring (bicyclic) bond motifs is 2. The Labute approximate surface area is 156 Å². The number of nitro groups is 1. The van der Waals surface area contributed by atoms with Gasteiger partial charge in [-0.05, 0) is 34.1 Å². The number of hydrogen-bond acceptors (Lipinski definition) is 3. The van der Waals surface area contributed by atoms with E-state index in [1.54, 1.807) is 0 Å². The van der Waals surface area contributed by atoms with Gasteiger partial charge in [-0.15, -0.1) is 0 Å². The fourth-order valence-electron chi connectivity index (χ4n) is 3.11. The minimum Gasteiger partial charge on any atom is -0.389 e. The van der Waals surface area contributed by atoms with E-state index in [0.717, 1.165) is 8.96 Å². The summed E-state index contributed by atoms with van der Waals surface area (Å²) in [5.74, 6) is 0. The third-order valence-electron chi connectivity index (χ3n) is 4.09. The van der Waals surface area contributed by atoms with E-state index in [9.17, 15) is 10.1 Å². The van der Waals surface area contributed by atoms with Crippen LogP contribution in [0.4, 0.5) is 14.3 Å². The molecule has 0 bridgehead atoms. The first-order valence-corrected chi connectivity index (χ1v) is 8.66. The Kier molecular flexibility index (Phi) is 3.55. The van der Waals surface area contributed by atoms with Gasteiger partial charge in [-0.25, -0.2) is 4.98 Å². The van der Waals surface area contributed by atoms with Gasteiger partial charge in [0, 0.05) is 46.0 Å². The maximum Gasteiger partial charge on any atom is 0.738 e. The lowest BCUT2D eigenvalue weighted by Gasteiger charge is -2.31. The summed E-state index contributed by atoms with van der Waals surface area (Å²) in [6.45, 7) is -4.17. The Hall–Kier alpha value is -2.14. The molecule has 0 amide bonds. The van der Waals surface area contributed by atoms with Crippen LogP contribution in [0.25, 0.3) is 5.57 Å². The molecule has 0 saturated carbocycles. The summed E-state index contributed by atoms with van der Waals surface area (Å²) in [5.41, 5.74) is 0.394. The lowest BCUT2D eigenvalue weighted by atomic mass is 9.87. The van der Waals surface area contributed by atoms with Crippen LogP contribution in [-0.4, -0.2) is 30.5 Å². The third kappa shape index (κ3) is 2.18. The molecule has 0 spiro atoms. The van der Waals surface area contributed by atoms with Crippen LogP contribution in [0.3, 0.4) is 0 Å². The van der Waals surface area contributed by atoms with Crippen LogP contribution >= 0.6 is 31.9 Å². The quantitative estimate of drug-likeness (QED) is 0.379. The van der Waals surface area contributed by atoms with Crippen molar-refractivity contribution in [2.24, 2.45) is 0 Å². The zero-order valence-electron chi connectivity index (χ0n) is 12.2. The molecule has 2 aliphatic rings. The number of rotatable bonds is 2. The lowest BCUT2D eigenvalue weighted by Crippen LogP contribution is -2.50. The summed E-state index contributed by atoms with van der Waals surface area (Å²) >= 11 is 6.28. The second-order valence-corrected chi connectivity index (χ2v) is 7.04. The van der Waals surface area contributed by atoms with E-state index >= 15 is 8.63 Å². The van der Waals surface area contributed by atoms with Gasteiger partial charge in [-0.1, -0.05) is 0 Å². The highest BCUT2D eigenvalue weighted by molar-refractivity contribution is 9.18. The highest BCUT2D eigenvalue weighted by atomic mass is 79.9. The van der Waals surface area contributed by atoms with Crippen molar-refractivity contribution in [2.45, 2.75) is 0 Å². The van der Waals surface area contributed by atoms with Gasteiger partial charge in [0.2, 0.25) is 4.62 Å². The van der Waals surface area contributed by atoms with E-state index in [0.29, 0.717) is 0 Å². The predicted molar refractivity (Wildman–Crippen MR) is 95.7 cm³/mol. The van der Waals surface area contributed by atoms with Gasteiger partial charge in [0.15, 0.2) is 11.4 Å². The van der Waals surface area contributed by atoms with Crippen molar-refractivity contribution in [3.8, 4) is 0 Å². The van der Waals surface area contributed by atoms with Crippen LogP contribution in [0.2, 0.25) is 0 Å². The van der Waals surface area contributed by atoms with Gasteiger partial charge < -0.3 is 17.6 Å². The van der Waals surface area contributed by atoms with Crippen molar-refractivity contribution in [2.75, 3.05) is 0 Å². The molecule has 0 fully saturated rings. The van der Waals surface area contributed by atoms with Crippen molar-refractivity contribution >= 4 is 54.7 Å². The summed E-state index contributed by atoms with van der Waals surface area (Å²) in [6.07, 6.45) is 4.38. The van der Waals surface area contributed by atoms with Gasteiger partial charge in [-0.3, -0.25) is 10.1 Å². The van der Waals surface area contributed by atoms with Gasteiger partial charge in [0.05, 0.1) is 15.1 Å². The zero-order valence-corrected chi connectivity index (χ0v) is 15.4. The molecule has 0 aliphatic carbocycles. The molecule has 0 radical (unpaired) electrons. The number of nitrogens with zero attached hydrogens (tertiary/aromatic N) is 4. The van der Waals surface area contributed by atoms with Gasteiger partial charge in [-0.2, -0.15) is 0 Å². The lowest BCUT2D eigenvalue weighted by molar-refractivity contribution is -0.385. The van der Waals surface area contributed by atoms with Crippen LogP contribution in [0, 0.1) is 10.1 Å². The molecule has 2 aliphatic heterocycles. The molecule has 4 rings (SSSR count). The largest absolute Gasteiger partial charge is 0.738 e.